The maximum atomic E-state index is 13.2. The second-order valence-electron chi connectivity index (χ2n) is 8.17. The topological polar surface area (TPSA) is 101 Å². The lowest BCUT2D eigenvalue weighted by atomic mass is 9.99. The third-order valence-electron chi connectivity index (χ3n) is 5.68. The molecule has 4 heterocycles. The number of H-pyrrole nitrogens is 1. The van der Waals surface area contributed by atoms with Gasteiger partial charge in [0.05, 0.1) is 23.1 Å². The quantitative estimate of drug-likeness (QED) is 0.431. The third kappa shape index (κ3) is 3.87. The van der Waals surface area contributed by atoms with Crippen LogP contribution in [0.3, 0.4) is 0 Å². The van der Waals surface area contributed by atoms with Crippen LogP contribution in [-0.4, -0.2) is 29.7 Å². The fourth-order valence-corrected chi connectivity index (χ4v) is 3.84. The van der Waals surface area contributed by atoms with Crippen LogP contribution in [0.5, 0.6) is 0 Å². The van der Waals surface area contributed by atoms with E-state index in [2.05, 4.69) is 30.5 Å². The van der Waals surface area contributed by atoms with Crippen molar-refractivity contribution in [2.75, 3.05) is 5.32 Å². The summed E-state index contributed by atoms with van der Waals surface area (Å²) in [5.74, 6) is 0.647. The molecular formula is C25H23N7O. The summed E-state index contributed by atoms with van der Waals surface area (Å²) in [5, 5.41) is 11.6. The smallest absolute Gasteiger partial charge is 0.258 e. The van der Waals surface area contributed by atoms with E-state index >= 15 is 0 Å². The van der Waals surface area contributed by atoms with Crippen molar-refractivity contribution in [3.05, 3.63) is 82.3 Å². The summed E-state index contributed by atoms with van der Waals surface area (Å²) in [7, 11) is 1.80. The van der Waals surface area contributed by atoms with Gasteiger partial charge in [-0.25, -0.2) is 0 Å². The molecule has 5 aromatic rings. The standard InChI is InChI=1S/C25H23N7O/c1-14-5-6-18(29-24-10-21(30-31-24)22-13-27-16(3)11-28-22)9-19(14)20-8-17-12-26-15(2)7-23(17)32(4)25(20)33/h5-13H,1-4H3,(H2,29,30,31). The van der Waals surface area contributed by atoms with Gasteiger partial charge in [-0.05, 0) is 56.2 Å². The molecule has 1 aromatic carbocycles. The molecule has 4 aromatic heterocycles. The minimum absolute atomic E-state index is 0.0478. The van der Waals surface area contributed by atoms with E-state index in [0.717, 1.165) is 44.8 Å². The van der Waals surface area contributed by atoms with Gasteiger partial charge < -0.3 is 9.88 Å². The number of anilines is 2. The maximum absolute atomic E-state index is 13.2. The highest BCUT2D eigenvalue weighted by atomic mass is 16.1. The van der Waals surface area contributed by atoms with Gasteiger partial charge in [0.2, 0.25) is 0 Å². The number of benzene rings is 1. The van der Waals surface area contributed by atoms with Crippen LogP contribution in [0.4, 0.5) is 11.5 Å². The predicted molar refractivity (Wildman–Crippen MR) is 130 cm³/mol. The lowest BCUT2D eigenvalue weighted by Crippen LogP contribution is -2.19. The van der Waals surface area contributed by atoms with Crippen LogP contribution < -0.4 is 10.9 Å². The van der Waals surface area contributed by atoms with Crippen molar-refractivity contribution in [1.82, 2.24) is 29.7 Å². The molecule has 0 unspecified atom stereocenters. The van der Waals surface area contributed by atoms with Gasteiger partial charge in [-0.3, -0.25) is 24.8 Å². The first-order chi connectivity index (χ1) is 15.9. The number of pyridine rings is 2. The summed E-state index contributed by atoms with van der Waals surface area (Å²) >= 11 is 0. The van der Waals surface area contributed by atoms with Gasteiger partial charge in [0.1, 0.15) is 5.69 Å². The van der Waals surface area contributed by atoms with Gasteiger partial charge in [0.15, 0.2) is 5.82 Å². The van der Waals surface area contributed by atoms with Gasteiger partial charge in [-0.1, -0.05) is 6.07 Å². The summed E-state index contributed by atoms with van der Waals surface area (Å²) in [6, 6.07) is 11.7. The lowest BCUT2D eigenvalue weighted by Gasteiger charge is -2.13. The van der Waals surface area contributed by atoms with E-state index in [1.165, 1.54) is 0 Å². The van der Waals surface area contributed by atoms with Gasteiger partial charge in [-0.2, -0.15) is 5.10 Å². The van der Waals surface area contributed by atoms with E-state index in [0.29, 0.717) is 17.1 Å². The number of rotatable bonds is 4. The summed E-state index contributed by atoms with van der Waals surface area (Å²) in [6.45, 7) is 5.81. The summed E-state index contributed by atoms with van der Waals surface area (Å²) < 4.78 is 1.68. The molecule has 0 atom stereocenters. The number of nitrogens with one attached hydrogen (secondary N) is 2. The Bertz CT molecular complexity index is 1550. The molecule has 0 amide bonds. The number of aromatic amines is 1. The zero-order valence-corrected chi connectivity index (χ0v) is 18.8. The van der Waals surface area contributed by atoms with Crippen LogP contribution in [0.2, 0.25) is 0 Å². The molecule has 8 heteroatoms. The summed E-state index contributed by atoms with van der Waals surface area (Å²) in [4.78, 5) is 26.2. The van der Waals surface area contributed by atoms with E-state index in [4.69, 9.17) is 0 Å². The van der Waals surface area contributed by atoms with E-state index in [1.807, 2.05) is 63.4 Å². The second-order valence-corrected chi connectivity index (χ2v) is 8.17. The van der Waals surface area contributed by atoms with Crippen LogP contribution in [-0.2, 0) is 7.05 Å². The van der Waals surface area contributed by atoms with Crippen LogP contribution in [0.1, 0.15) is 17.0 Å². The highest BCUT2D eigenvalue weighted by molar-refractivity contribution is 5.85. The second kappa shape index (κ2) is 7.98. The number of nitrogens with zero attached hydrogens (tertiary/aromatic N) is 5. The monoisotopic (exact) mass is 437 g/mol. The Labute approximate surface area is 190 Å². The van der Waals surface area contributed by atoms with E-state index in [9.17, 15) is 4.79 Å². The number of hydrogen-bond donors (Lipinski definition) is 2. The molecule has 0 fully saturated rings. The van der Waals surface area contributed by atoms with Crippen molar-refractivity contribution in [2.24, 2.45) is 7.05 Å². The average molecular weight is 438 g/mol. The first-order valence-electron chi connectivity index (χ1n) is 10.6. The first-order valence-corrected chi connectivity index (χ1v) is 10.6. The minimum Gasteiger partial charge on any atom is -0.339 e. The Balaban J connectivity index is 1.51. The van der Waals surface area contributed by atoms with Crippen LogP contribution >= 0.6 is 0 Å². The average Bonchev–Trinajstić information content (AvgIpc) is 3.27. The number of aromatic nitrogens is 6. The normalized spacial score (nSPS) is 11.2. The van der Waals surface area contributed by atoms with Crippen LogP contribution in [0, 0.1) is 20.8 Å². The molecule has 0 saturated carbocycles. The van der Waals surface area contributed by atoms with Gasteiger partial charge >= 0.3 is 0 Å². The van der Waals surface area contributed by atoms with Crippen molar-refractivity contribution in [3.8, 4) is 22.5 Å². The molecule has 5 rings (SSSR count). The molecule has 2 N–H and O–H groups in total. The number of hydrogen-bond acceptors (Lipinski definition) is 6. The van der Waals surface area contributed by atoms with Crippen molar-refractivity contribution >= 4 is 22.4 Å². The zero-order chi connectivity index (χ0) is 23.1. The Morgan fingerprint density at radius 1 is 0.879 bits per heavy atom. The fraction of sp³-hybridized carbons (Fsp3) is 0.160. The molecule has 0 radical (unpaired) electrons. The summed E-state index contributed by atoms with van der Waals surface area (Å²) in [5.41, 5.74) is 7.37. The molecule has 0 bridgehead atoms. The molecule has 0 spiro atoms. The zero-order valence-electron chi connectivity index (χ0n) is 18.8. The lowest BCUT2D eigenvalue weighted by molar-refractivity contribution is 0.905. The molecule has 8 nitrogen and oxygen atoms in total. The predicted octanol–water partition coefficient (Wildman–Crippen LogP) is 4.45. The van der Waals surface area contributed by atoms with E-state index in [1.54, 1.807) is 24.0 Å². The fourth-order valence-electron chi connectivity index (χ4n) is 3.84. The van der Waals surface area contributed by atoms with Crippen molar-refractivity contribution in [3.63, 3.8) is 0 Å². The highest BCUT2D eigenvalue weighted by Gasteiger charge is 2.13. The van der Waals surface area contributed by atoms with Crippen molar-refractivity contribution < 1.29 is 0 Å². The minimum atomic E-state index is -0.0478. The molecule has 0 aliphatic rings. The van der Waals surface area contributed by atoms with Crippen LogP contribution in [0.15, 0.2) is 59.8 Å². The van der Waals surface area contributed by atoms with E-state index in [-0.39, 0.29) is 5.56 Å². The van der Waals surface area contributed by atoms with E-state index < -0.39 is 0 Å². The molecular weight excluding hydrogens is 414 g/mol. The van der Waals surface area contributed by atoms with Gasteiger partial charge in [-0.15, -0.1) is 0 Å². The van der Waals surface area contributed by atoms with Gasteiger partial charge in [0.25, 0.3) is 5.56 Å². The molecule has 33 heavy (non-hydrogen) atoms. The maximum Gasteiger partial charge on any atom is 0.258 e. The SMILES string of the molecule is Cc1cnc(-c2cc(Nc3ccc(C)c(-c4cc5cnc(C)cc5n(C)c4=O)c3)n[nH]2)cn1. The molecule has 0 aliphatic heterocycles. The molecule has 0 aliphatic carbocycles. The van der Waals surface area contributed by atoms with Crippen LogP contribution in [0.25, 0.3) is 33.4 Å². The number of fused-ring (bicyclic) bond motifs is 1. The Hall–Kier alpha value is -4.33. The Morgan fingerprint density at radius 3 is 2.48 bits per heavy atom. The molecule has 0 saturated heterocycles. The Morgan fingerprint density at radius 2 is 1.70 bits per heavy atom. The van der Waals surface area contributed by atoms with Crippen molar-refractivity contribution in [2.45, 2.75) is 20.8 Å². The Kier molecular flexibility index (Phi) is 4.97. The first kappa shape index (κ1) is 20.6. The van der Waals surface area contributed by atoms with Crippen molar-refractivity contribution in [1.29, 1.82) is 0 Å². The summed E-state index contributed by atoms with van der Waals surface area (Å²) in [6.07, 6.45) is 5.24. The third-order valence-corrected chi connectivity index (χ3v) is 5.68. The molecule has 164 valence electrons. The number of aryl methyl sites for hydroxylation is 4. The largest absolute Gasteiger partial charge is 0.339 e. The highest BCUT2D eigenvalue weighted by Crippen LogP contribution is 2.28. The van der Waals surface area contributed by atoms with Gasteiger partial charge in [0, 0.05) is 47.8 Å².